The zero-order valence-corrected chi connectivity index (χ0v) is 14.7. The maximum absolute atomic E-state index is 6.34. The third-order valence-corrected chi connectivity index (χ3v) is 4.67. The predicted molar refractivity (Wildman–Crippen MR) is 90.8 cm³/mol. The Labute approximate surface area is 141 Å². The fourth-order valence-corrected chi connectivity index (χ4v) is 3.25. The lowest BCUT2D eigenvalue weighted by atomic mass is 10.1. The largest absolute Gasteiger partial charge is 0.265 e. The standard InChI is InChI=1S/C16H19Cl3N2/c1-4-13-15(10(3)17)14(5-2)21(20-13)9-11-7-6-8-12(18)16(11)19/h6-8,10H,4-5,9H2,1-3H3. The summed E-state index contributed by atoms with van der Waals surface area (Å²) < 4.78 is 2.00. The molecule has 1 aromatic carbocycles. The summed E-state index contributed by atoms with van der Waals surface area (Å²) in [5.74, 6) is 0. The molecule has 2 rings (SSSR count). The summed E-state index contributed by atoms with van der Waals surface area (Å²) in [5.41, 5.74) is 4.36. The zero-order valence-electron chi connectivity index (χ0n) is 12.5. The number of aryl methyl sites for hydroxylation is 1. The van der Waals surface area contributed by atoms with E-state index in [1.807, 2.05) is 23.7 Å². The van der Waals surface area contributed by atoms with Gasteiger partial charge in [-0.2, -0.15) is 5.10 Å². The molecule has 1 heterocycles. The van der Waals surface area contributed by atoms with Crippen LogP contribution in [0.4, 0.5) is 0 Å². The number of hydrogen-bond donors (Lipinski definition) is 0. The van der Waals surface area contributed by atoms with E-state index < -0.39 is 0 Å². The molecule has 1 atom stereocenters. The van der Waals surface area contributed by atoms with Gasteiger partial charge in [-0.1, -0.05) is 49.2 Å². The van der Waals surface area contributed by atoms with Crippen molar-refractivity contribution in [2.75, 3.05) is 0 Å². The number of nitrogens with zero attached hydrogens (tertiary/aromatic N) is 2. The Hall–Kier alpha value is -0.700. The van der Waals surface area contributed by atoms with Gasteiger partial charge in [-0.15, -0.1) is 11.6 Å². The minimum atomic E-state index is -0.0431. The van der Waals surface area contributed by atoms with Crippen LogP contribution in [0.2, 0.25) is 10.0 Å². The highest BCUT2D eigenvalue weighted by atomic mass is 35.5. The number of hydrogen-bond acceptors (Lipinski definition) is 1. The Bertz CT molecular complexity index is 633. The SMILES string of the molecule is CCc1nn(Cc2cccc(Cl)c2Cl)c(CC)c1C(C)Cl. The summed E-state index contributed by atoms with van der Waals surface area (Å²) in [6.07, 6.45) is 1.76. The lowest BCUT2D eigenvalue weighted by Crippen LogP contribution is -2.07. The average molecular weight is 346 g/mol. The molecule has 0 aliphatic rings. The summed E-state index contributed by atoms with van der Waals surface area (Å²) in [6, 6.07) is 5.68. The summed E-state index contributed by atoms with van der Waals surface area (Å²) in [7, 11) is 0. The minimum absolute atomic E-state index is 0.0431. The highest BCUT2D eigenvalue weighted by molar-refractivity contribution is 6.42. The molecule has 2 aromatic rings. The number of rotatable bonds is 5. The van der Waals surface area contributed by atoms with Gasteiger partial charge in [-0.05, 0) is 31.4 Å². The number of alkyl halides is 1. The van der Waals surface area contributed by atoms with Crippen LogP contribution in [0.25, 0.3) is 0 Å². The molecule has 0 fully saturated rings. The molecule has 1 aromatic heterocycles. The fourth-order valence-electron chi connectivity index (χ4n) is 2.62. The first kappa shape index (κ1) is 16.7. The lowest BCUT2D eigenvalue weighted by molar-refractivity contribution is 0.639. The van der Waals surface area contributed by atoms with Crippen molar-refractivity contribution < 1.29 is 0 Å². The molecule has 0 N–H and O–H groups in total. The molecule has 0 saturated heterocycles. The Morgan fingerprint density at radius 2 is 1.90 bits per heavy atom. The van der Waals surface area contributed by atoms with Crippen molar-refractivity contribution >= 4 is 34.8 Å². The molecule has 0 aliphatic carbocycles. The fraction of sp³-hybridized carbons (Fsp3) is 0.438. The van der Waals surface area contributed by atoms with Crippen molar-refractivity contribution in [3.63, 3.8) is 0 Å². The minimum Gasteiger partial charge on any atom is -0.265 e. The van der Waals surface area contributed by atoms with E-state index >= 15 is 0 Å². The summed E-state index contributed by atoms with van der Waals surface area (Å²) in [4.78, 5) is 0. The van der Waals surface area contributed by atoms with E-state index in [4.69, 9.17) is 39.9 Å². The van der Waals surface area contributed by atoms with Gasteiger partial charge in [0, 0.05) is 11.3 Å². The van der Waals surface area contributed by atoms with Gasteiger partial charge in [0.25, 0.3) is 0 Å². The van der Waals surface area contributed by atoms with Gasteiger partial charge in [-0.3, -0.25) is 4.68 Å². The molecule has 0 radical (unpaired) electrons. The molecular formula is C16H19Cl3N2. The number of benzene rings is 1. The first-order valence-corrected chi connectivity index (χ1v) is 8.34. The Kier molecular flexibility index (Phi) is 5.59. The van der Waals surface area contributed by atoms with E-state index in [1.165, 1.54) is 5.69 Å². The topological polar surface area (TPSA) is 17.8 Å². The second-order valence-corrected chi connectivity index (χ2v) is 6.44. The van der Waals surface area contributed by atoms with E-state index in [1.54, 1.807) is 6.07 Å². The van der Waals surface area contributed by atoms with Crippen LogP contribution in [-0.4, -0.2) is 9.78 Å². The summed E-state index contributed by atoms with van der Waals surface area (Å²) in [6.45, 7) is 6.82. The smallest absolute Gasteiger partial charge is 0.0677 e. The van der Waals surface area contributed by atoms with Crippen LogP contribution in [0.3, 0.4) is 0 Å². The molecule has 0 saturated carbocycles. The van der Waals surface area contributed by atoms with Gasteiger partial charge < -0.3 is 0 Å². The molecule has 2 nitrogen and oxygen atoms in total. The van der Waals surface area contributed by atoms with Crippen LogP contribution in [0.1, 0.15) is 48.7 Å². The third kappa shape index (κ3) is 3.39. The van der Waals surface area contributed by atoms with E-state index in [0.717, 1.165) is 29.7 Å². The molecule has 1 unspecified atom stereocenters. The number of aromatic nitrogens is 2. The van der Waals surface area contributed by atoms with Crippen LogP contribution in [0.15, 0.2) is 18.2 Å². The molecule has 0 bridgehead atoms. The lowest BCUT2D eigenvalue weighted by Gasteiger charge is -2.11. The van der Waals surface area contributed by atoms with Crippen molar-refractivity contribution in [3.8, 4) is 0 Å². The van der Waals surface area contributed by atoms with Crippen molar-refractivity contribution in [1.82, 2.24) is 9.78 Å². The van der Waals surface area contributed by atoms with E-state index in [9.17, 15) is 0 Å². The molecule has 0 aliphatic heterocycles. The highest BCUT2D eigenvalue weighted by Crippen LogP contribution is 2.30. The van der Waals surface area contributed by atoms with Gasteiger partial charge >= 0.3 is 0 Å². The molecule has 114 valence electrons. The van der Waals surface area contributed by atoms with Crippen molar-refractivity contribution in [2.24, 2.45) is 0 Å². The molecular weight excluding hydrogens is 327 g/mol. The van der Waals surface area contributed by atoms with Crippen LogP contribution < -0.4 is 0 Å². The first-order valence-electron chi connectivity index (χ1n) is 7.14. The first-order chi connectivity index (χ1) is 9.99. The molecule has 0 spiro atoms. The Balaban J connectivity index is 2.47. The molecule has 21 heavy (non-hydrogen) atoms. The molecule has 0 amide bonds. The second-order valence-electron chi connectivity index (χ2n) is 5.00. The van der Waals surface area contributed by atoms with Gasteiger partial charge in [0.1, 0.15) is 0 Å². The molecule has 5 heteroatoms. The Morgan fingerprint density at radius 3 is 2.48 bits per heavy atom. The van der Waals surface area contributed by atoms with Gasteiger partial charge in [0.05, 0.1) is 27.7 Å². The number of halogens is 3. The summed E-state index contributed by atoms with van der Waals surface area (Å²) >= 11 is 18.7. The van der Waals surface area contributed by atoms with E-state index in [-0.39, 0.29) is 5.38 Å². The Morgan fingerprint density at radius 1 is 1.19 bits per heavy atom. The van der Waals surface area contributed by atoms with Crippen molar-refractivity contribution in [3.05, 3.63) is 50.8 Å². The van der Waals surface area contributed by atoms with Crippen LogP contribution in [-0.2, 0) is 19.4 Å². The van der Waals surface area contributed by atoms with Crippen LogP contribution in [0.5, 0.6) is 0 Å². The van der Waals surface area contributed by atoms with Gasteiger partial charge in [0.2, 0.25) is 0 Å². The van der Waals surface area contributed by atoms with Crippen molar-refractivity contribution in [2.45, 2.75) is 45.5 Å². The van der Waals surface area contributed by atoms with Crippen LogP contribution in [0, 0.1) is 0 Å². The highest BCUT2D eigenvalue weighted by Gasteiger charge is 2.19. The maximum atomic E-state index is 6.34. The van der Waals surface area contributed by atoms with Gasteiger partial charge in [0.15, 0.2) is 0 Å². The van der Waals surface area contributed by atoms with E-state index in [0.29, 0.717) is 16.6 Å². The normalized spacial score (nSPS) is 12.7. The second kappa shape index (κ2) is 7.04. The zero-order chi connectivity index (χ0) is 15.6. The maximum Gasteiger partial charge on any atom is 0.0677 e. The summed E-state index contributed by atoms with van der Waals surface area (Å²) in [5, 5.41) is 5.84. The van der Waals surface area contributed by atoms with Crippen LogP contribution >= 0.6 is 34.8 Å². The third-order valence-electron chi connectivity index (χ3n) is 3.59. The monoisotopic (exact) mass is 344 g/mol. The van der Waals surface area contributed by atoms with E-state index in [2.05, 4.69) is 13.8 Å². The quantitative estimate of drug-likeness (QED) is 0.639. The van der Waals surface area contributed by atoms with Crippen molar-refractivity contribution in [1.29, 1.82) is 0 Å². The van der Waals surface area contributed by atoms with Gasteiger partial charge in [-0.25, -0.2) is 0 Å². The average Bonchev–Trinajstić information content (AvgIpc) is 2.81. The predicted octanol–water partition coefficient (Wildman–Crippen LogP) is 5.66.